The van der Waals surface area contributed by atoms with Crippen LogP contribution in [-0.4, -0.2) is 57.6 Å². The number of ether oxygens (including phenoxy) is 1. The minimum Gasteiger partial charge on any atom is -0.497 e. The summed E-state index contributed by atoms with van der Waals surface area (Å²) in [5.74, 6) is 0.316. The summed E-state index contributed by atoms with van der Waals surface area (Å²) in [7, 11) is -2.26. The first-order valence-electron chi connectivity index (χ1n) is 14.2. The molecule has 3 aromatic carbocycles. The molecule has 1 atom stereocenters. The van der Waals surface area contributed by atoms with Crippen LogP contribution in [-0.2, 0) is 32.6 Å². The van der Waals surface area contributed by atoms with Crippen LogP contribution < -0.4 is 14.4 Å². The van der Waals surface area contributed by atoms with Gasteiger partial charge in [-0.15, -0.1) is 0 Å². The van der Waals surface area contributed by atoms with Crippen molar-refractivity contribution in [1.82, 2.24) is 10.2 Å². The molecule has 0 heterocycles. The Hall–Kier alpha value is -3.85. The Morgan fingerprint density at radius 3 is 2.10 bits per heavy atom. The summed E-state index contributed by atoms with van der Waals surface area (Å²) in [5, 5.41) is 2.99. The highest BCUT2D eigenvalue weighted by molar-refractivity contribution is 7.92. The van der Waals surface area contributed by atoms with Crippen LogP contribution in [0, 0.1) is 5.92 Å². The number of nitrogens with one attached hydrogen (secondary N) is 1. The molecule has 1 N–H and O–H groups in total. The van der Waals surface area contributed by atoms with Crippen LogP contribution in [0.4, 0.5) is 5.69 Å². The topological polar surface area (TPSA) is 96.0 Å². The Morgan fingerprint density at radius 1 is 0.881 bits per heavy atom. The van der Waals surface area contributed by atoms with E-state index < -0.39 is 28.5 Å². The molecule has 8 nitrogen and oxygen atoms in total. The molecule has 0 aliphatic heterocycles. The summed E-state index contributed by atoms with van der Waals surface area (Å²) in [6, 6.07) is 23.1. The fourth-order valence-corrected chi connectivity index (χ4v) is 5.43. The molecule has 1 unspecified atom stereocenters. The highest BCUT2D eigenvalue weighted by Gasteiger charge is 2.33. The number of benzene rings is 3. The van der Waals surface area contributed by atoms with Crippen molar-refractivity contribution < 1.29 is 22.7 Å². The smallest absolute Gasteiger partial charge is 0.244 e. The summed E-state index contributed by atoms with van der Waals surface area (Å²) in [6.07, 6.45) is 1.35. The molecule has 0 radical (unpaired) electrons. The fraction of sp³-hybridized carbons (Fsp3) is 0.394. The number of anilines is 1. The quantitative estimate of drug-likeness (QED) is 0.284. The van der Waals surface area contributed by atoms with Crippen molar-refractivity contribution in [3.05, 3.63) is 95.6 Å². The molecule has 0 fully saturated rings. The number of nitrogens with zero attached hydrogens (tertiary/aromatic N) is 2. The van der Waals surface area contributed by atoms with Gasteiger partial charge in [0.05, 0.1) is 19.1 Å². The van der Waals surface area contributed by atoms with Crippen LogP contribution in [0.5, 0.6) is 5.75 Å². The number of sulfonamides is 1. The third-order valence-electron chi connectivity index (χ3n) is 6.97. The second-order valence-electron chi connectivity index (χ2n) is 11.2. The first-order valence-corrected chi connectivity index (χ1v) is 16.1. The summed E-state index contributed by atoms with van der Waals surface area (Å²) < 4.78 is 32.5. The van der Waals surface area contributed by atoms with Crippen LogP contribution in [0.2, 0.25) is 0 Å². The molecule has 0 saturated carbocycles. The lowest BCUT2D eigenvalue weighted by Crippen LogP contribution is -2.53. The minimum atomic E-state index is -3.82. The SMILES string of the molecule is COc1cccc(CN(C(=O)CN(c2ccc(C(C)C)cc2)S(C)(=O)=O)C(Cc2ccccc2)C(=O)NCC(C)C)c1. The van der Waals surface area contributed by atoms with E-state index in [2.05, 4.69) is 19.2 Å². The van der Waals surface area contributed by atoms with E-state index in [1.54, 1.807) is 25.3 Å². The Kier molecular flexibility index (Phi) is 11.6. The molecule has 0 aliphatic rings. The lowest BCUT2D eigenvalue weighted by atomic mass is 10.0. The minimum absolute atomic E-state index is 0.0898. The van der Waals surface area contributed by atoms with Crippen molar-refractivity contribution in [2.24, 2.45) is 5.92 Å². The zero-order chi connectivity index (χ0) is 30.9. The predicted octanol–water partition coefficient (Wildman–Crippen LogP) is 5.00. The molecule has 226 valence electrons. The van der Waals surface area contributed by atoms with E-state index in [1.807, 2.05) is 74.5 Å². The van der Waals surface area contributed by atoms with Gasteiger partial charge < -0.3 is 15.0 Å². The third kappa shape index (κ3) is 9.34. The van der Waals surface area contributed by atoms with E-state index in [1.165, 1.54) is 4.90 Å². The fourth-order valence-electron chi connectivity index (χ4n) is 4.58. The van der Waals surface area contributed by atoms with Gasteiger partial charge in [-0.2, -0.15) is 0 Å². The summed E-state index contributed by atoms with van der Waals surface area (Å²) >= 11 is 0. The molecule has 42 heavy (non-hydrogen) atoms. The van der Waals surface area contributed by atoms with Gasteiger partial charge in [-0.25, -0.2) is 8.42 Å². The maximum absolute atomic E-state index is 14.2. The second kappa shape index (κ2) is 14.9. The van der Waals surface area contributed by atoms with E-state index in [0.29, 0.717) is 18.0 Å². The van der Waals surface area contributed by atoms with Gasteiger partial charge in [0.2, 0.25) is 21.8 Å². The molecule has 2 amide bonds. The molecule has 0 aromatic heterocycles. The summed E-state index contributed by atoms with van der Waals surface area (Å²) in [5.41, 5.74) is 3.09. The number of carbonyl (C=O) groups is 2. The summed E-state index contributed by atoms with van der Waals surface area (Å²) in [6.45, 7) is 8.20. The van der Waals surface area contributed by atoms with Gasteiger partial charge >= 0.3 is 0 Å². The van der Waals surface area contributed by atoms with Crippen molar-refractivity contribution >= 4 is 27.5 Å². The largest absolute Gasteiger partial charge is 0.497 e. The average Bonchev–Trinajstić information content (AvgIpc) is 2.96. The van der Waals surface area contributed by atoms with E-state index in [-0.39, 0.29) is 30.7 Å². The molecule has 9 heteroatoms. The van der Waals surface area contributed by atoms with Crippen LogP contribution in [0.25, 0.3) is 0 Å². The van der Waals surface area contributed by atoms with Crippen LogP contribution >= 0.6 is 0 Å². The lowest BCUT2D eigenvalue weighted by Gasteiger charge is -2.33. The molecule has 3 aromatic rings. The lowest BCUT2D eigenvalue weighted by molar-refractivity contribution is -0.140. The maximum atomic E-state index is 14.2. The van der Waals surface area contributed by atoms with E-state index >= 15 is 0 Å². The van der Waals surface area contributed by atoms with Crippen molar-refractivity contribution in [2.75, 3.05) is 30.8 Å². The van der Waals surface area contributed by atoms with Crippen LogP contribution in [0.3, 0.4) is 0 Å². The number of amides is 2. The number of hydrogen-bond acceptors (Lipinski definition) is 5. The summed E-state index contributed by atoms with van der Waals surface area (Å²) in [4.78, 5) is 29.4. The van der Waals surface area contributed by atoms with Crippen molar-refractivity contribution in [3.8, 4) is 5.75 Å². The van der Waals surface area contributed by atoms with Crippen LogP contribution in [0.15, 0.2) is 78.9 Å². The first kappa shape index (κ1) is 32.7. The standard InChI is InChI=1S/C33H43N3O5S/c1-24(2)21-34-33(38)31(20-26-11-8-7-9-12-26)35(22-27-13-10-14-30(19-27)41-5)32(37)23-36(42(6,39)40)29-17-15-28(16-18-29)25(3)4/h7-19,24-25,31H,20-23H2,1-6H3,(H,34,38). The Bertz CT molecular complexity index is 1420. The number of rotatable bonds is 14. The van der Waals surface area contributed by atoms with Gasteiger partial charge in [0, 0.05) is 19.5 Å². The molecular weight excluding hydrogens is 550 g/mol. The monoisotopic (exact) mass is 593 g/mol. The maximum Gasteiger partial charge on any atom is 0.244 e. The Morgan fingerprint density at radius 2 is 1.52 bits per heavy atom. The molecule has 0 bridgehead atoms. The van der Waals surface area contributed by atoms with E-state index in [4.69, 9.17) is 4.74 Å². The normalized spacial score (nSPS) is 12.2. The molecule has 0 saturated heterocycles. The van der Waals surface area contributed by atoms with Gasteiger partial charge in [0.1, 0.15) is 18.3 Å². The van der Waals surface area contributed by atoms with Gasteiger partial charge in [-0.1, -0.05) is 82.3 Å². The second-order valence-corrected chi connectivity index (χ2v) is 13.1. The molecule has 0 aliphatic carbocycles. The van der Waals surface area contributed by atoms with Crippen LogP contribution in [0.1, 0.15) is 50.3 Å². The Balaban J connectivity index is 2.05. The molecule has 0 spiro atoms. The van der Waals surface area contributed by atoms with Crippen molar-refractivity contribution in [3.63, 3.8) is 0 Å². The number of carbonyl (C=O) groups excluding carboxylic acids is 2. The number of hydrogen-bond donors (Lipinski definition) is 1. The first-order chi connectivity index (χ1) is 19.9. The molecule has 3 rings (SSSR count). The van der Waals surface area contributed by atoms with Crippen molar-refractivity contribution in [2.45, 2.75) is 52.6 Å². The van der Waals surface area contributed by atoms with E-state index in [0.717, 1.165) is 27.3 Å². The van der Waals surface area contributed by atoms with Gasteiger partial charge in [-0.05, 0) is 52.8 Å². The van der Waals surface area contributed by atoms with Gasteiger partial charge in [0.25, 0.3) is 0 Å². The average molecular weight is 594 g/mol. The Labute approximate surface area is 250 Å². The van der Waals surface area contributed by atoms with E-state index in [9.17, 15) is 18.0 Å². The van der Waals surface area contributed by atoms with Gasteiger partial charge in [0.15, 0.2) is 0 Å². The highest BCUT2D eigenvalue weighted by atomic mass is 32.2. The van der Waals surface area contributed by atoms with Gasteiger partial charge in [-0.3, -0.25) is 13.9 Å². The predicted molar refractivity (Wildman–Crippen MR) is 168 cm³/mol. The zero-order valence-corrected chi connectivity index (χ0v) is 26.2. The zero-order valence-electron chi connectivity index (χ0n) is 25.4. The highest BCUT2D eigenvalue weighted by Crippen LogP contribution is 2.24. The third-order valence-corrected chi connectivity index (χ3v) is 8.11. The van der Waals surface area contributed by atoms with Crippen molar-refractivity contribution in [1.29, 1.82) is 0 Å². The molecular formula is C33H43N3O5S. The number of methoxy groups -OCH3 is 1.